The van der Waals surface area contributed by atoms with Crippen molar-refractivity contribution in [1.29, 1.82) is 0 Å². The van der Waals surface area contributed by atoms with Crippen LogP contribution in [-0.2, 0) is 6.42 Å². The minimum Gasteiger partial charge on any atom is -0.350 e. The van der Waals surface area contributed by atoms with Crippen LogP contribution in [0.2, 0.25) is 5.02 Å². The lowest BCUT2D eigenvalue weighted by molar-refractivity contribution is 0.0950. The van der Waals surface area contributed by atoms with Gasteiger partial charge in [0.2, 0.25) is 0 Å². The Hall–Kier alpha value is -3.05. The van der Waals surface area contributed by atoms with Crippen molar-refractivity contribution in [2.24, 2.45) is 0 Å². The van der Waals surface area contributed by atoms with E-state index in [1.54, 1.807) is 0 Å². The van der Waals surface area contributed by atoms with Gasteiger partial charge in [-0.05, 0) is 30.2 Å². The Balaban J connectivity index is 1.39. The molecule has 0 aliphatic rings. The fourth-order valence-electron chi connectivity index (χ4n) is 2.88. The van der Waals surface area contributed by atoms with Crippen molar-refractivity contribution in [1.82, 2.24) is 20.1 Å². The first-order valence-electron chi connectivity index (χ1n) is 8.36. The number of fused-ring (bicyclic) bond motifs is 1. The van der Waals surface area contributed by atoms with E-state index >= 15 is 0 Å². The zero-order valence-corrected chi connectivity index (χ0v) is 14.7. The number of nitrogens with zero attached hydrogens (tertiary/aromatic N) is 2. The van der Waals surface area contributed by atoms with Gasteiger partial charge in [-0.2, -0.15) is 5.10 Å². The summed E-state index contributed by atoms with van der Waals surface area (Å²) in [7, 11) is 0. The third kappa shape index (κ3) is 3.21. The van der Waals surface area contributed by atoms with E-state index in [2.05, 4.69) is 15.4 Å². The number of aromatic amines is 1. The predicted octanol–water partition coefficient (Wildman–Crippen LogP) is 3.98. The topological polar surface area (TPSA) is 62.7 Å². The molecule has 5 nitrogen and oxygen atoms in total. The molecule has 4 aromatic rings. The Morgan fingerprint density at radius 3 is 2.69 bits per heavy atom. The molecule has 0 saturated carbocycles. The zero-order chi connectivity index (χ0) is 17.9. The van der Waals surface area contributed by atoms with Gasteiger partial charge in [0.05, 0.1) is 16.9 Å². The standard InChI is InChI=1S/C20H17ClN4O/c21-18-16-8-4-5-9-17(16)24-19(18)20(26)22-11-10-14-12-23-25(13-14)15-6-2-1-3-7-15/h1-9,12-13,24H,10-11H2,(H,22,26). The Kier molecular flexibility index (Phi) is 4.46. The minimum absolute atomic E-state index is 0.207. The van der Waals surface area contributed by atoms with Crippen molar-refractivity contribution in [2.75, 3.05) is 6.54 Å². The average Bonchev–Trinajstić information content (AvgIpc) is 3.28. The lowest BCUT2D eigenvalue weighted by Gasteiger charge is -2.03. The summed E-state index contributed by atoms with van der Waals surface area (Å²) in [4.78, 5) is 15.5. The summed E-state index contributed by atoms with van der Waals surface area (Å²) in [5, 5.41) is 8.57. The number of para-hydroxylation sites is 2. The molecule has 0 fully saturated rings. The van der Waals surface area contributed by atoms with Gasteiger partial charge in [0.25, 0.3) is 5.91 Å². The van der Waals surface area contributed by atoms with Crippen LogP contribution in [0.25, 0.3) is 16.6 Å². The summed E-state index contributed by atoms with van der Waals surface area (Å²) in [6.07, 6.45) is 4.48. The molecule has 6 heteroatoms. The molecule has 4 rings (SSSR count). The van der Waals surface area contributed by atoms with Gasteiger partial charge in [-0.3, -0.25) is 4.79 Å². The van der Waals surface area contributed by atoms with Crippen LogP contribution in [0.4, 0.5) is 0 Å². The molecule has 2 N–H and O–H groups in total. The summed E-state index contributed by atoms with van der Waals surface area (Å²) in [6.45, 7) is 0.505. The van der Waals surface area contributed by atoms with Gasteiger partial charge in [0, 0.05) is 23.6 Å². The van der Waals surface area contributed by atoms with Gasteiger partial charge in [-0.15, -0.1) is 0 Å². The molecule has 0 radical (unpaired) electrons. The number of halogens is 1. The molecule has 0 atom stereocenters. The molecule has 130 valence electrons. The van der Waals surface area contributed by atoms with Crippen LogP contribution in [0.5, 0.6) is 0 Å². The number of aromatic nitrogens is 3. The first-order valence-corrected chi connectivity index (χ1v) is 8.73. The number of carbonyl (C=O) groups is 1. The molecule has 2 aromatic carbocycles. The van der Waals surface area contributed by atoms with Gasteiger partial charge in [0.1, 0.15) is 5.69 Å². The van der Waals surface area contributed by atoms with Crippen LogP contribution in [0, 0.1) is 0 Å². The van der Waals surface area contributed by atoms with E-state index in [0.717, 1.165) is 22.2 Å². The highest BCUT2D eigenvalue weighted by atomic mass is 35.5. The molecule has 0 bridgehead atoms. The van der Waals surface area contributed by atoms with Crippen LogP contribution in [0.3, 0.4) is 0 Å². The third-order valence-corrected chi connectivity index (χ3v) is 4.62. The lowest BCUT2D eigenvalue weighted by Crippen LogP contribution is -2.26. The highest BCUT2D eigenvalue weighted by Gasteiger charge is 2.15. The Bertz CT molecular complexity index is 1050. The SMILES string of the molecule is O=C(NCCc1cnn(-c2ccccc2)c1)c1[nH]c2ccccc2c1Cl. The molecule has 0 spiro atoms. The highest BCUT2D eigenvalue weighted by molar-refractivity contribution is 6.38. The van der Waals surface area contributed by atoms with Crippen LogP contribution in [0.1, 0.15) is 16.1 Å². The maximum atomic E-state index is 12.4. The Morgan fingerprint density at radius 2 is 1.88 bits per heavy atom. The lowest BCUT2D eigenvalue weighted by atomic mass is 10.2. The van der Waals surface area contributed by atoms with Crippen molar-refractivity contribution in [3.05, 3.63) is 83.3 Å². The van der Waals surface area contributed by atoms with E-state index in [1.807, 2.05) is 71.7 Å². The van der Waals surface area contributed by atoms with Gasteiger partial charge in [0.15, 0.2) is 0 Å². The maximum absolute atomic E-state index is 12.4. The van der Waals surface area contributed by atoms with Gasteiger partial charge < -0.3 is 10.3 Å². The molecular formula is C20H17ClN4O. The summed E-state index contributed by atoms with van der Waals surface area (Å²) in [6, 6.07) is 17.5. The van der Waals surface area contributed by atoms with E-state index in [9.17, 15) is 4.79 Å². The summed E-state index contributed by atoms with van der Waals surface area (Å²) >= 11 is 6.31. The van der Waals surface area contributed by atoms with Crippen molar-refractivity contribution in [3.8, 4) is 5.69 Å². The minimum atomic E-state index is -0.207. The largest absolute Gasteiger partial charge is 0.350 e. The van der Waals surface area contributed by atoms with Crippen LogP contribution >= 0.6 is 11.6 Å². The van der Waals surface area contributed by atoms with E-state index < -0.39 is 0 Å². The molecule has 2 aromatic heterocycles. The van der Waals surface area contributed by atoms with Crippen LogP contribution in [0.15, 0.2) is 67.0 Å². The quantitative estimate of drug-likeness (QED) is 0.562. The second kappa shape index (κ2) is 7.06. The number of rotatable bonds is 5. The third-order valence-electron chi connectivity index (χ3n) is 4.23. The van der Waals surface area contributed by atoms with Crippen LogP contribution < -0.4 is 5.32 Å². The van der Waals surface area contributed by atoms with Crippen molar-refractivity contribution < 1.29 is 4.79 Å². The molecule has 0 saturated heterocycles. The normalized spacial score (nSPS) is 11.0. The molecule has 0 aliphatic carbocycles. The number of H-pyrrole nitrogens is 1. The number of hydrogen-bond donors (Lipinski definition) is 2. The highest BCUT2D eigenvalue weighted by Crippen LogP contribution is 2.26. The van der Waals surface area contributed by atoms with E-state index in [0.29, 0.717) is 23.7 Å². The number of carbonyl (C=O) groups excluding carboxylic acids is 1. The number of hydrogen-bond acceptors (Lipinski definition) is 2. The van der Waals surface area contributed by atoms with Gasteiger partial charge >= 0.3 is 0 Å². The number of benzene rings is 2. The maximum Gasteiger partial charge on any atom is 0.269 e. The second-order valence-electron chi connectivity index (χ2n) is 5.99. The molecule has 0 unspecified atom stereocenters. The average molecular weight is 365 g/mol. The van der Waals surface area contributed by atoms with Crippen molar-refractivity contribution in [3.63, 3.8) is 0 Å². The number of nitrogens with one attached hydrogen (secondary N) is 2. The van der Waals surface area contributed by atoms with Gasteiger partial charge in [-0.25, -0.2) is 4.68 Å². The van der Waals surface area contributed by atoms with Crippen molar-refractivity contribution >= 4 is 28.4 Å². The van der Waals surface area contributed by atoms with E-state index in [1.165, 1.54) is 0 Å². The fourth-order valence-corrected chi connectivity index (χ4v) is 3.18. The van der Waals surface area contributed by atoms with Gasteiger partial charge in [-0.1, -0.05) is 48.0 Å². The first kappa shape index (κ1) is 16.4. The summed E-state index contributed by atoms with van der Waals surface area (Å²) < 4.78 is 1.83. The van der Waals surface area contributed by atoms with Crippen LogP contribution in [-0.4, -0.2) is 27.2 Å². The smallest absolute Gasteiger partial charge is 0.269 e. The molecular weight excluding hydrogens is 348 g/mol. The van der Waals surface area contributed by atoms with Crippen molar-refractivity contribution in [2.45, 2.75) is 6.42 Å². The Morgan fingerprint density at radius 1 is 1.12 bits per heavy atom. The molecule has 26 heavy (non-hydrogen) atoms. The second-order valence-corrected chi connectivity index (χ2v) is 6.37. The monoisotopic (exact) mass is 364 g/mol. The van der Waals surface area contributed by atoms with E-state index in [-0.39, 0.29) is 5.91 Å². The molecule has 2 heterocycles. The first-order chi connectivity index (χ1) is 12.7. The fraction of sp³-hybridized carbons (Fsp3) is 0.100. The Labute approximate surface area is 155 Å². The molecule has 0 aliphatic heterocycles. The van der Waals surface area contributed by atoms with E-state index in [4.69, 9.17) is 11.6 Å². The zero-order valence-electron chi connectivity index (χ0n) is 13.9. The predicted molar refractivity (Wildman–Crippen MR) is 103 cm³/mol. The molecule has 1 amide bonds. The summed E-state index contributed by atoms with van der Waals surface area (Å²) in [5.41, 5.74) is 3.31. The number of amides is 1. The summed E-state index contributed by atoms with van der Waals surface area (Å²) in [5.74, 6) is -0.207.